The molecule has 5 heteroatoms. The van der Waals surface area contributed by atoms with Gasteiger partial charge in [0, 0.05) is 17.6 Å². The van der Waals surface area contributed by atoms with Crippen LogP contribution in [-0.4, -0.2) is 9.55 Å². The minimum Gasteiger partial charge on any atom is -0.471 e. The number of hydrogen-bond acceptors (Lipinski definition) is 2. The first-order valence-electron chi connectivity index (χ1n) is 8.40. The maximum absolute atomic E-state index is 13.1. The summed E-state index contributed by atoms with van der Waals surface area (Å²) >= 11 is 6.22. The lowest BCUT2D eigenvalue weighted by Crippen LogP contribution is -2.08. The Labute approximate surface area is 152 Å². The van der Waals surface area contributed by atoms with Gasteiger partial charge in [0.2, 0.25) is 5.88 Å². The van der Waals surface area contributed by atoms with Crippen LogP contribution in [0.15, 0.2) is 30.3 Å². The Morgan fingerprint density at radius 1 is 1.20 bits per heavy atom. The molecular formula is C20H22ClFN2O. The topological polar surface area (TPSA) is 27.1 Å². The third-order valence-corrected chi connectivity index (χ3v) is 4.58. The molecule has 2 aromatic heterocycles. The molecule has 0 saturated heterocycles. The fourth-order valence-electron chi connectivity index (χ4n) is 3.02. The van der Waals surface area contributed by atoms with Gasteiger partial charge in [-0.15, -0.1) is 0 Å². The molecule has 0 amide bonds. The zero-order chi connectivity index (χ0) is 18.1. The van der Waals surface area contributed by atoms with Crippen molar-refractivity contribution in [1.29, 1.82) is 0 Å². The molecule has 2 heterocycles. The summed E-state index contributed by atoms with van der Waals surface area (Å²) in [5, 5.41) is 1.47. The first-order chi connectivity index (χ1) is 11.9. The van der Waals surface area contributed by atoms with Crippen molar-refractivity contribution in [3.63, 3.8) is 0 Å². The van der Waals surface area contributed by atoms with Gasteiger partial charge in [0.25, 0.3) is 0 Å². The monoisotopic (exact) mass is 360 g/mol. The van der Waals surface area contributed by atoms with E-state index in [2.05, 4.69) is 37.2 Å². The SMILES string of the molecule is Cc1c(C)n(CC(C)C)c2c(OCc3ccc(F)cc3)nc(Cl)cc12. The summed E-state index contributed by atoms with van der Waals surface area (Å²) in [4.78, 5) is 4.40. The molecule has 0 bridgehead atoms. The summed E-state index contributed by atoms with van der Waals surface area (Å²) in [5.41, 5.74) is 4.23. The molecule has 0 spiro atoms. The van der Waals surface area contributed by atoms with E-state index in [0.29, 0.717) is 23.6 Å². The number of fused-ring (bicyclic) bond motifs is 1. The van der Waals surface area contributed by atoms with Crippen LogP contribution in [0.2, 0.25) is 5.15 Å². The summed E-state index contributed by atoms with van der Waals surface area (Å²) in [7, 11) is 0. The third-order valence-electron chi connectivity index (χ3n) is 4.39. The van der Waals surface area contributed by atoms with E-state index in [0.717, 1.165) is 23.0 Å². The molecule has 0 fully saturated rings. The molecule has 0 aliphatic rings. The lowest BCUT2D eigenvalue weighted by molar-refractivity contribution is 0.296. The Hall–Kier alpha value is -2.07. The van der Waals surface area contributed by atoms with Gasteiger partial charge in [-0.25, -0.2) is 4.39 Å². The van der Waals surface area contributed by atoms with E-state index in [1.54, 1.807) is 12.1 Å². The summed E-state index contributed by atoms with van der Waals surface area (Å²) in [5.74, 6) is 0.752. The molecule has 132 valence electrons. The largest absolute Gasteiger partial charge is 0.471 e. The number of nitrogens with zero attached hydrogens (tertiary/aromatic N) is 2. The summed E-state index contributed by atoms with van der Waals surface area (Å²) < 4.78 is 21.3. The molecule has 0 saturated carbocycles. The molecule has 3 nitrogen and oxygen atoms in total. The Morgan fingerprint density at radius 3 is 2.52 bits per heavy atom. The van der Waals surface area contributed by atoms with Crippen LogP contribution < -0.4 is 4.74 Å². The minimum absolute atomic E-state index is 0.260. The number of benzene rings is 1. The maximum Gasteiger partial charge on any atom is 0.240 e. The van der Waals surface area contributed by atoms with Crippen molar-refractivity contribution in [3.05, 3.63) is 58.1 Å². The predicted octanol–water partition coefficient (Wildman–Crippen LogP) is 5.68. The van der Waals surface area contributed by atoms with E-state index in [4.69, 9.17) is 16.3 Å². The number of pyridine rings is 1. The van der Waals surface area contributed by atoms with E-state index in [1.807, 2.05) is 6.07 Å². The molecule has 3 rings (SSSR count). The molecule has 25 heavy (non-hydrogen) atoms. The van der Waals surface area contributed by atoms with Crippen LogP contribution in [0.1, 0.15) is 30.7 Å². The number of halogens is 2. The Kier molecular flexibility index (Phi) is 5.00. The van der Waals surface area contributed by atoms with Gasteiger partial charge in [0.05, 0.1) is 0 Å². The maximum atomic E-state index is 13.1. The molecule has 3 aromatic rings. The number of aryl methyl sites for hydroxylation is 1. The van der Waals surface area contributed by atoms with Crippen molar-refractivity contribution in [1.82, 2.24) is 9.55 Å². The Morgan fingerprint density at radius 2 is 1.88 bits per heavy atom. The predicted molar refractivity (Wildman–Crippen MR) is 99.8 cm³/mol. The second-order valence-electron chi connectivity index (χ2n) is 6.78. The van der Waals surface area contributed by atoms with Gasteiger partial charge >= 0.3 is 0 Å². The highest BCUT2D eigenvalue weighted by Gasteiger charge is 2.18. The average molecular weight is 361 g/mol. The lowest BCUT2D eigenvalue weighted by Gasteiger charge is -2.14. The van der Waals surface area contributed by atoms with Gasteiger partial charge in [-0.2, -0.15) is 4.98 Å². The van der Waals surface area contributed by atoms with E-state index in [-0.39, 0.29) is 5.82 Å². The van der Waals surface area contributed by atoms with Crippen LogP contribution in [0.3, 0.4) is 0 Å². The molecule has 0 N–H and O–H groups in total. The molecule has 0 radical (unpaired) electrons. The molecular weight excluding hydrogens is 339 g/mol. The first kappa shape index (κ1) is 17.7. The Bertz CT molecular complexity index is 900. The number of ether oxygens (including phenoxy) is 1. The van der Waals surface area contributed by atoms with Gasteiger partial charge in [-0.1, -0.05) is 37.6 Å². The van der Waals surface area contributed by atoms with Gasteiger partial charge in [0.15, 0.2) is 0 Å². The normalized spacial score (nSPS) is 11.5. The highest BCUT2D eigenvalue weighted by molar-refractivity contribution is 6.30. The number of rotatable bonds is 5. The van der Waals surface area contributed by atoms with E-state index >= 15 is 0 Å². The zero-order valence-corrected chi connectivity index (χ0v) is 15.7. The average Bonchev–Trinajstić information content (AvgIpc) is 2.79. The highest BCUT2D eigenvalue weighted by Crippen LogP contribution is 2.34. The van der Waals surface area contributed by atoms with Gasteiger partial charge in [-0.3, -0.25) is 0 Å². The van der Waals surface area contributed by atoms with Crippen LogP contribution in [-0.2, 0) is 13.2 Å². The number of aromatic nitrogens is 2. The van der Waals surface area contributed by atoms with Crippen molar-refractivity contribution in [2.24, 2.45) is 5.92 Å². The van der Waals surface area contributed by atoms with Crippen LogP contribution in [0.25, 0.3) is 10.9 Å². The van der Waals surface area contributed by atoms with Gasteiger partial charge < -0.3 is 9.30 Å². The van der Waals surface area contributed by atoms with Gasteiger partial charge in [-0.05, 0) is 49.1 Å². The van der Waals surface area contributed by atoms with E-state index in [1.165, 1.54) is 23.4 Å². The van der Waals surface area contributed by atoms with Crippen molar-refractivity contribution < 1.29 is 9.13 Å². The second kappa shape index (κ2) is 7.04. The van der Waals surface area contributed by atoms with E-state index in [9.17, 15) is 4.39 Å². The summed E-state index contributed by atoms with van der Waals surface area (Å²) in [6.07, 6.45) is 0. The van der Waals surface area contributed by atoms with Crippen LogP contribution in [0, 0.1) is 25.6 Å². The molecule has 0 aliphatic heterocycles. The quantitative estimate of drug-likeness (QED) is 0.547. The van der Waals surface area contributed by atoms with Gasteiger partial charge in [0.1, 0.15) is 23.1 Å². The van der Waals surface area contributed by atoms with Crippen molar-refractivity contribution in [2.45, 2.75) is 40.8 Å². The van der Waals surface area contributed by atoms with Crippen molar-refractivity contribution in [2.75, 3.05) is 0 Å². The first-order valence-corrected chi connectivity index (χ1v) is 8.77. The fourth-order valence-corrected chi connectivity index (χ4v) is 3.21. The molecule has 0 atom stereocenters. The van der Waals surface area contributed by atoms with Crippen LogP contribution >= 0.6 is 11.6 Å². The summed E-state index contributed by atoms with van der Waals surface area (Å²) in [6.45, 7) is 9.76. The smallest absolute Gasteiger partial charge is 0.240 e. The zero-order valence-electron chi connectivity index (χ0n) is 14.9. The molecule has 0 aliphatic carbocycles. The minimum atomic E-state index is -0.260. The fraction of sp³-hybridized carbons (Fsp3) is 0.350. The second-order valence-corrected chi connectivity index (χ2v) is 7.16. The Balaban J connectivity index is 2.03. The third kappa shape index (κ3) is 3.64. The lowest BCUT2D eigenvalue weighted by atomic mass is 10.2. The van der Waals surface area contributed by atoms with Crippen molar-refractivity contribution >= 4 is 22.5 Å². The molecule has 1 aromatic carbocycles. The van der Waals surface area contributed by atoms with Crippen LogP contribution in [0.4, 0.5) is 4.39 Å². The summed E-state index contributed by atoms with van der Waals surface area (Å²) in [6, 6.07) is 8.16. The molecule has 0 unspecified atom stereocenters. The highest BCUT2D eigenvalue weighted by atomic mass is 35.5. The number of hydrogen-bond donors (Lipinski definition) is 0. The van der Waals surface area contributed by atoms with Crippen molar-refractivity contribution in [3.8, 4) is 5.88 Å². The van der Waals surface area contributed by atoms with Crippen LogP contribution in [0.5, 0.6) is 5.88 Å². The standard InChI is InChI=1S/C20H22ClFN2O/c1-12(2)10-24-14(4)13(3)17-9-18(21)23-20(19(17)24)25-11-15-5-7-16(22)8-6-15/h5-9,12H,10-11H2,1-4H3. The van der Waals surface area contributed by atoms with E-state index < -0.39 is 0 Å².